The van der Waals surface area contributed by atoms with Crippen molar-refractivity contribution in [2.75, 3.05) is 4.90 Å². The van der Waals surface area contributed by atoms with E-state index < -0.39 is 5.41 Å². The second kappa shape index (κ2) is 15.1. The summed E-state index contributed by atoms with van der Waals surface area (Å²) in [5, 5.41) is 2.50. The molecule has 8 aromatic carbocycles. The summed E-state index contributed by atoms with van der Waals surface area (Å²) in [6.07, 6.45) is 12.1. The minimum absolute atomic E-state index is 0.489. The van der Waals surface area contributed by atoms with Crippen molar-refractivity contribution < 1.29 is 0 Å². The Morgan fingerprint density at radius 1 is 0.459 bits per heavy atom. The third-order valence-electron chi connectivity index (χ3n) is 15.4. The van der Waals surface area contributed by atoms with Crippen LogP contribution in [0.2, 0.25) is 0 Å². The molecule has 0 aromatic heterocycles. The Labute approximate surface area is 361 Å². The largest absolute Gasteiger partial charge is 0.310 e. The van der Waals surface area contributed by atoms with Gasteiger partial charge in [0.2, 0.25) is 0 Å². The quantitative estimate of drug-likeness (QED) is 0.148. The summed E-state index contributed by atoms with van der Waals surface area (Å²) < 4.78 is 0. The lowest BCUT2D eigenvalue weighted by Crippen LogP contribution is -2.29. The smallest absolute Gasteiger partial charge is 0.0714 e. The van der Waals surface area contributed by atoms with E-state index in [2.05, 4.69) is 193 Å². The second-order valence-corrected chi connectivity index (χ2v) is 18.6. The molecule has 61 heavy (non-hydrogen) atoms. The average Bonchev–Trinajstić information content (AvgIpc) is 4.06. The molecule has 1 heteroatoms. The first kappa shape index (κ1) is 36.7. The molecule has 0 spiro atoms. The van der Waals surface area contributed by atoms with E-state index in [1.165, 1.54) is 141 Å². The summed E-state index contributed by atoms with van der Waals surface area (Å²) in [6.45, 7) is 0. The van der Waals surface area contributed by atoms with Crippen LogP contribution in [0, 0.1) is 11.8 Å². The molecule has 0 radical (unpaired) electrons. The SMILES string of the molecule is c1ccc(-c2cc3ccccc3cc2N(c2ccc(C3CC4CCC3C4)cc2)c2ccc3c(c2)C(c2ccccc2)(c2ccccc2)c2cccc(C4CCCCC4)c2-3)cc1. The average molecular weight is 788 g/mol. The first-order valence-electron chi connectivity index (χ1n) is 23.1. The fourth-order valence-electron chi connectivity index (χ4n) is 12.7. The molecule has 2 bridgehead atoms. The third kappa shape index (κ3) is 6.03. The maximum atomic E-state index is 2.58. The van der Waals surface area contributed by atoms with E-state index in [0.717, 1.165) is 11.8 Å². The zero-order chi connectivity index (χ0) is 40.3. The van der Waals surface area contributed by atoms with Crippen LogP contribution in [0.5, 0.6) is 0 Å². The Bertz CT molecular complexity index is 2810. The van der Waals surface area contributed by atoms with E-state index >= 15 is 0 Å². The molecule has 3 fully saturated rings. The van der Waals surface area contributed by atoms with Gasteiger partial charge < -0.3 is 4.90 Å². The van der Waals surface area contributed by atoms with E-state index in [4.69, 9.17) is 0 Å². The molecular weight excluding hydrogens is 735 g/mol. The van der Waals surface area contributed by atoms with Crippen molar-refractivity contribution in [3.63, 3.8) is 0 Å². The lowest BCUT2D eigenvalue weighted by molar-refractivity contribution is 0.420. The fraction of sp³-hybridized carbons (Fsp3) is 0.233. The van der Waals surface area contributed by atoms with E-state index in [0.29, 0.717) is 11.8 Å². The maximum absolute atomic E-state index is 2.58. The van der Waals surface area contributed by atoms with Crippen molar-refractivity contribution in [1.82, 2.24) is 0 Å². The van der Waals surface area contributed by atoms with Crippen molar-refractivity contribution in [3.05, 3.63) is 221 Å². The van der Waals surface area contributed by atoms with Crippen molar-refractivity contribution in [3.8, 4) is 22.3 Å². The van der Waals surface area contributed by atoms with Crippen LogP contribution in [0.4, 0.5) is 17.1 Å². The van der Waals surface area contributed by atoms with Gasteiger partial charge in [-0.15, -0.1) is 0 Å². The molecule has 12 rings (SSSR count). The van der Waals surface area contributed by atoms with Gasteiger partial charge in [0.15, 0.2) is 0 Å². The van der Waals surface area contributed by atoms with Crippen molar-refractivity contribution in [2.24, 2.45) is 11.8 Å². The lowest BCUT2D eigenvalue weighted by atomic mass is 9.67. The molecule has 298 valence electrons. The number of anilines is 3. The Kier molecular flexibility index (Phi) is 9.05. The monoisotopic (exact) mass is 787 g/mol. The van der Waals surface area contributed by atoms with Crippen LogP contribution in [0.15, 0.2) is 188 Å². The minimum atomic E-state index is -0.489. The highest BCUT2D eigenvalue weighted by molar-refractivity contribution is 5.99. The molecule has 0 amide bonds. The van der Waals surface area contributed by atoms with Crippen LogP contribution in [-0.2, 0) is 5.41 Å². The maximum Gasteiger partial charge on any atom is 0.0714 e. The molecule has 0 heterocycles. The second-order valence-electron chi connectivity index (χ2n) is 18.6. The van der Waals surface area contributed by atoms with Gasteiger partial charge in [0.05, 0.1) is 11.1 Å². The Hall–Kier alpha value is -6.18. The van der Waals surface area contributed by atoms with Crippen LogP contribution in [0.3, 0.4) is 0 Å². The van der Waals surface area contributed by atoms with Crippen molar-refractivity contribution >= 4 is 27.8 Å². The van der Waals surface area contributed by atoms with Crippen LogP contribution in [0.25, 0.3) is 33.0 Å². The lowest BCUT2D eigenvalue weighted by Gasteiger charge is -2.35. The molecule has 3 unspecified atom stereocenters. The standard InChI is InChI=1S/C60H53N/c1-5-16-42(17-6-1)52-26-15-27-56-59(52)53-35-34-51(40-57(53)60(56,48-22-9-3-10-23-48)49-24-11-4-12-25-49)61(50-32-30-44(31-33-50)54-37-41-28-29-47(54)36-41)58-39-46-21-14-13-20-45(46)38-55(58)43-18-7-2-8-19-43/h2-4,7-15,18-27,30-35,38-42,47,54H,1,5-6,16-17,28-29,36-37H2. The summed E-state index contributed by atoms with van der Waals surface area (Å²) >= 11 is 0. The van der Waals surface area contributed by atoms with E-state index in [9.17, 15) is 0 Å². The van der Waals surface area contributed by atoms with Gasteiger partial charge in [0.25, 0.3) is 0 Å². The van der Waals surface area contributed by atoms with Gasteiger partial charge in [-0.2, -0.15) is 0 Å². The molecule has 0 aliphatic heterocycles. The summed E-state index contributed by atoms with van der Waals surface area (Å²) in [4.78, 5) is 2.57. The molecule has 3 atom stereocenters. The summed E-state index contributed by atoms with van der Waals surface area (Å²) in [6, 6.07) is 72.0. The highest BCUT2D eigenvalue weighted by Crippen LogP contribution is 2.60. The zero-order valence-electron chi connectivity index (χ0n) is 35.0. The predicted octanol–water partition coefficient (Wildman–Crippen LogP) is 16.3. The van der Waals surface area contributed by atoms with Gasteiger partial charge in [-0.05, 0) is 153 Å². The van der Waals surface area contributed by atoms with Gasteiger partial charge in [-0.25, -0.2) is 0 Å². The molecule has 0 saturated heterocycles. The molecular formula is C60H53N. The highest BCUT2D eigenvalue weighted by Gasteiger charge is 2.48. The first-order chi connectivity index (χ1) is 30.2. The van der Waals surface area contributed by atoms with Gasteiger partial charge in [-0.1, -0.05) is 177 Å². The minimum Gasteiger partial charge on any atom is -0.310 e. The predicted molar refractivity (Wildman–Crippen MR) is 255 cm³/mol. The summed E-state index contributed by atoms with van der Waals surface area (Å²) in [5.41, 5.74) is 16.8. The van der Waals surface area contributed by atoms with E-state index in [-0.39, 0.29) is 0 Å². The van der Waals surface area contributed by atoms with Gasteiger partial charge in [0, 0.05) is 16.9 Å². The Morgan fingerprint density at radius 3 is 1.79 bits per heavy atom. The van der Waals surface area contributed by atoms with Crippen LogP contribution < -0.4 is 4.90 Å². The van der Waals surface area contributed by atoms with Crippen LogP contribution >= 0.6 is 0 Å². The molecule has 4 aliphatic carbocycles. The topological polar surface area (TPSA) is 3.24 Å². The number of fused-ring (bicyclic) bond motifs is 6. The normalized spacial score (nSPS) is 20.1. The Morgan fingerprint density at radius 2 is 1.11 bits per heavy atom. The van der Waals surface area contributed by atoms with Crippen LogP contribution in [0.1, 0.15) is 103 Å². The molecule has 0 N–H and O–H groups in total. The van der Waals surface area contributed by atoms with E-state index in [1.807, 2.05) is 0 Å². The molecule has 1 nitrogen and oxygen atoms in total. The zero-order valence-corrected chi connectivity index (χ0v) is 35.0. The third-order valence-corrected chi connectivity index (χ3v) is 15.4. The van der Waals surface area contributed by atoms with Crippen LogP contribution in [-0.4, -0.2) is 0 Å². The van der Waals surface area contributed by atoms with Gasteiger partial charge in [-0.3, -0.25) is 0 Å². The van der Waals surface area contributed by atoms with E-state index in [1.54, 1.807) is 0 Å². The summed E-state index contributed by atoms with van der Waals surface area (Å²) in [5.74, 6) is 3.03. The molecule has 3 saturated carbocycles. The molecule has 8 aromatic rings. The fourth-order valence-corrected chi connectivity index (χ4v) is 12.7. The highest BCUT2D eigenvalue weighted by atomic mass is 15.1. The number of benzene rings is 8. The first-order valence-corrected chi connectivity index (χ1v) is 23.1. The summed E-state index contributed by atoms with van der Waals surface area (Å²) in [7, 11) is 0. The Balaban J connectivity index is 1.13. The molecule has 4 aliphatic rings. The van der Waals surface area contributed by atoms with Crippen molar-refractivity contribution in [1.29, 1.82) is 0 Å². The number of hydrogen-bond acceptors (Lipinski definition) is 1. The van der Waals surface area contributed by atoms with Crippen molar-refractivity contribution in [2.45, 2.75) is 75.0 Å². The van der Waals surface area contributed by atoms with Gasteiger partial charge >= 0.3 is 0 Å². The van der Waals surface area contributed by atoms with Gasteiger partial charge in [0.1, 0.15) is 0 Å². The number of rotatable bonds is 8. The number of hydrogen-bond donors (Lipinski definition) is 0. The number of nitrogens with zero attached hydrogens (tertiary/aromatic N) is 1.